The maximum atomic E-state index is 11.4. The molecule has 6 nitrogen and oxygen atoms in total. The molecule has 0 spiro atoms. The van der Waals surface area contributed by atoms with E-state index >= 15 is 0 Å². The summed E-state index contributed by atoms with van der Waals surface area (Å²) in [5.74, 6) is -0.367. The van der Waals surface area contributed by atoms with Gasteiger partial charge in [0.05, 0.1) is 0 Å². The van der Waals surface area contributed by atoms with Crippen molar-refractivity contribution in [3.8, 4) is 5.75 Å². The maximum Gasteiger partial charge on any atom is 0.316 e. The van der Waals surface area contributed by atoms with Gasteiger partial charge in [-0.3, -0.25) is 14.9 Å². The maximum absolute atomic E-state index is 11.4. The highest BCUT2D eigenvalue weighted by molar-refractivity contribution is 5.76. The highest BCUT2D eigenvalue weighted by Crippen LogP contribution is 2.33. The molecule has 0 aromatic heterocycles. The number of rotatable bonds is 6. The molecule has 0 saturated heterocycles. The van der Waals surface area contributed by atoms with Crippen LogP contribution in [-0.2, 0) is 9.53 Å². The average molecular weight is 265 g/mol. The molecule has 19 heavy (non-hydrogen) atoms. The molecule has 1 aliphatic carbocycles. The van der Waals surface area contributed by atoms with Crippen LogP contribution in [0.5, 0.6) is 5.75 Å². The summed E-state index contributed by atoms with van der Waals surface area (Å²) in [5, 5.41) is 10.4. The van der Waals surface area contributed by atoms with Crippen LogP contribution in [-0.4, -0.2) is 30.1 Å². The van der Waals surface area contributed by atoms with Crippen molar-refractivity contribution in [3.05, 3.63) is 39.9 Å². The second-order valence-electron chi connectivity index (χ2n) is 4.53. The zero-order valence-corrected chi connectivity index (χ0v) is 10.6. The third-order valence-electron chi connectivity index (χ3n) is 2.92. The molecule has 1 aliphatic rings. The third kappa shape index (κ3) is 3.67. The lowest BCUT2D eigenvalue weighted by Crippen LogP contribution is -2.17. The van der Waals surface area contributed by atoms with Gasteiger partial charge in [-0.25, -0.2) is 0 Å². The van der Waals surface area contributed by atoms with Crippen molar-refractivity contribution in [2.45, 2.75) is 19.4 Å². The number of esters is 1. The molecule has 0 aliphatic heterocycles. The lowest BCUT2D eigenvalue weighted by molar-refractivity contribution is -0.497. The van der Waals surface area contributed by atoms with Crippen LogP contribution in [0.3, 0.4) is 0 Å². The molecular formula is C13H15NO5. The van der Waals surface area contributed by atoms with E-state index in [9.17, 15) is 14.9 Å². The number of nitro groups is 1. The molecule has 0 amide bonds. The van der Waals surface area contributed by atoms with Gasteiger partial charge in [-0.05, 0) is 24.6 Å². The Morgan fingerprint density at radius 2 is 2.26 bits per heavy atom. The van der Waals surface area contributed by atoms with Gasteiger partial charge in [0.1, 0.15) is 24.9 Å². The van der Waals surface area contributed by atoms with E-state index in [2.05, 4.69) is 0 Å². The minimum atomic E-state index is -0.759. The first-order valence-corrected chi connectivity index (χ1v) is 6.07. The first-order chi connectivity index (χ1) is 9.08. The predicted octanol–water partition coefficient (Wildman–Crippen LogP) is 1.58. The number of nitrogens with zero attached hydrogens (tertiary/aromatic N) is 1. The summed E-state index contributed by atoms with van der Waals surface area (Å²) in [6.07, 6.45) is 0.282. The third-order valence-corrected chi connectivity index (χ3v) is 2.92. The van der Waals surface area contributed by atoms with Gasteiger partial charge in [0, 0.05) is 11.3 Å². The van der Waals surface area contributed by atoms with Crippen molar-refractivity contribution in [3.63, 3.8) is 0 Å². The van der Waals surface area contributed by atoms with E-state index in [1.807, 2.05) is 31.2 Å². The van der Waals surface area contributed by atoms with E-state index in [4.69, 9.17) is 9.47 Å². The van der Waals surface area contributed by atoms with E-state index in [1.54, 1.807) is 0 Å². The number of carbonyl (C=O) groups excluding carboxylic acids is 1. The molecule has 1 saturated carbocycles. The summed E-state index contributed by atoms with van der Waals surface area (Å²) >= 11 is 0. The topological polar surface area (TPSA) is 78.7 Å². The number of benzene rings is 1. The van der Waals surface area contributed by atoms with Crippen LogP contribution in [0.2, 0.25) is 0 Å². The molecule has 2 atom stereocenters. The second kappa shape index (κ2) is 5.69. The first kappa shape index (κ1) is 13.3. The Morgan fingerprint density at radius 1 is 1.47 bits per heavy atom. The second-order valence-corrected chi connectivity index (χ2v) is 4.53. The molecule has 6 heteroatoms. The van der Waals surface area contributed by atoms with Crippen molar-refractivity contribution in [1.29, 1.82) is 0 Å². The monoisotopic (exact) mass is 265 g/mol. The van der Waals surface area contributed by atoms with E-state index < -0.39 is 22.9 Å². The summed E-state index contributed by atoms with van der Waals surface area (Å²) in [7, 11) is 0. The fourth-order valence-electron chi connectivity index (χ4n) is 1.78. The van der Waals surface area contributed by atoms with Gasteiger partial charge in [-0.15, -0.1) is 0 Å². The van der Waals surface area contributed by atoms with Gasteiger partial charge >= 0.3 is 5.97 Å². The number of carbonyl (C=O) groups is 1. The summed E-state index contributed by atoms with van der Waals surface area (Å²) in [6.45, 7) is 2.30. The van der Waals surface area contributed by atoms with Crippen LogP contribution in [0, 0.1) is 23.0 Å². The summed E-state index contributed by atoms with van der Waals surface area (Å²) < 4.78 is 10.3. The van der Waals surface area contributed by atoms with Gasteiger partial charge in [0.25, 0.3) is 0 Å². The lowest BCUT2D eigenvalue weighted by atomic mass is 10.2. The van der Waals surface area contributed by atoms with Crippen LogP contribution < -0.4 is 4.74 Å². The molecule has 0 N–H and O–H groups in total. The summed E-state index contributed by atoms with van der Waals surface area (Å²) in [6, 6.07) is 6.77. The minimum Gasteiger partial charge on any atom is -0.490 e. The predicted molar refractivity (Wildman–Crippen MR) is 66.5 cm³/mol. The minimum absolute atomic E-state index is 0.105. The molecular weight excluding hydrogens is 250 g/mol. The first-order valence-electron chi connectivity index (χ1n) is 6.07. The smallest absolute Gasteiger partial charge is 0.316 e. The molecule has 1 fully saturated rings. The zero-order chi connectivity index (χ0) is 13.8. The molecule has 0 bridgehead atoms. The number of aryl methyl sites for hydroxylation is 1. The van der Waals surface area contributed by atoms with Gasteiger partial charge in [0.2, 0.25) is 6.04 Å². The highest BCUT2D eigenvalue weighted by Gasteiger charge is 2.54. The van der Waals surface area contributed by atoms with Crippen LogP contribution in [0.1, 0.15) is 12.0 Å². The number of hydrogen-bond donors (Lipinski definition) is 0. The van der Waals surface area contributed by atoms with Crippen LogP contribution in [0.4, 0.5) is 0 Å². The van der Waals surface area contributed by atoms with Crippen molar-refractivity contribution in [1.82, 2.24) is 0 Å². The lowest BCUT2D eigenvalue weighted by Gasteiger charge is -2.07. The van der Waals surface area contributed by atoms with Crippen molar-refractivity contribution < 1.29 is 19.2 Å². The van der Waals surface area contributed by atoms with E-state index in [0.29, 0.717) is 5.75 Å². The number of ether oxygens (including phenoxy) is 2. The normalized spacial score (nSPS) is 20.7. The van der Waals surface area contributed by atoms with Crippen molar-refractivity contribution in [2.24, 2.45) is 5.92 Å². The Balaban J connectivity index is 1.65. The molecule has 102 valence electrons. The molecule has 1 aromatic rings. The largest absolute Gasteiger partial charge is 0.490 e. The Bertz CT molecular complexity index is 488. The van der Waals surface area contributed by atoms with Gasteiger partial charge in [-0.2, -0.15) is 0 Å². The summed E-state index contributed by atoms with van der Waals surface area (Å²) in [4.78, 5) is 21.4. The average Bonchev–Trinajstić information content (AvgIpc) is 3.15. The van der Waals surface area contributed by atoms with Crippen LogP contribution in [0.15, 0.2) is 24.3 Å². The summed E-state index contributed by atoms with van der Waals surface area (Å²) in [5.41, 5.74) is 1.08. The SMILES string of the molecule is Cc1cccc(OCCOC(=O)C2CC2[N+](=O)[O-])c1. The Hall–Kier alpha value is -2.11. The van der Waals surface area contributed by atoms with Crippen LogP contribution >= 0.6 is 0 Å². The molecule has 0 radical (unpaired) electrons. The molecule has 2 rings (SSSR count). The standard InChI is InChI=1S/C13H15NO5/c1-9-3-2-4-10(7-9)18-5-6-19-13(15)11-8-12(11)14(16)17/h2-4,7,11-12H,5-6,8H2,1H3. The fourth-order valence-corrected chi connectivity index (χ4v) is 1.78. The fraction of sp³-hybridized carbons (Fsp3) is 0.462. The number of hydrogen-bond acceptors (Lipinski definition) is 5. The Labute approximate surface area is 110 Å². The quantitative estimate of drug-likeness (QED) is 0.338. The van der Waals surface area contributed by atoms with E-state index in [1.165, 1.54) is 0 Å². The molecule has 1 aromatic carbocycles. The van der Waals surface area contributed by atoms with Crippen LogP contribution in [0.25, 0.3) is 0 Å². The Kier molecular flexibility index (Phi) is 3.99. The van der Waals surface area contributed by atoms with Gasteiger partial charge in [0.15, 0.2) is 0 Å². The highest BCUT2D eigenvalue weighted by atomic mass is 16.6. The van der Waals surface area contributed by atoms with Gasteiger partial charge in [-0.1, -0.05) is 12.1 Å². The van der Waals surface area contributed by atoms with E-state index in [0.717, 1.165) is 5.56 Å². The van der Waals surface area contributed by atoms with Crippen molar-refractivity contribution >= 4 is 5.97 Å². The van der Waals surface area contributed by atoms with Crippen molar-refractivity contribution in [2.75, 3.05) is 13.2 Å². The molecule has 2 unspecified atom stereocenters. The van der Waals surface area contributed by atoms with E-state index in [-0.39, 0.29) is 19.6 Å². The Morgan fingerprint density at radius 3 is 2.89 bits per heavy atom. The zero-order valence-electron chi connectivity index (χ0n) is 10.6. The van der Waals surface area contributed by atoms with Gasteiger partial charge < -0.3 is 9.47 Å². The molecule has 0 heterocycles.